The van der Waals surface area contributed by atoms with Gasteiger partial charge in [0.2, 0.25) is 0 Å². The first kappa shape index (κ1) is 14.0. The molecule has 0 spiro atoms. The first-order valence-electron chi connectivity index (χ1n) is 7.80. The lowest BCUT2D eigenvalue weighted by Gasteiger charge is -2.27. The predicted molar refractivity (Wildman–Crippen MR) is 89.1 cm³/mol. The van der Waals surface area contributed by atoms with Crippen molar-refractivity contribution < 1.29 is 5.11 Å². The van der Waals surface area contributed by atoms with E-state index in [-0.39, 0.29) is 0 Å². The molecule has 0 amide bonds. The summed E-state index contributed by atoms with van der Waals surface area (Å²) in [4.78, 5) is 0. The van der Waals surface area contributed by atoms with E-state index in [0.29, 0.717) is 17.6 Å². The number of hydrogen-bond donors (Lipinski definition) is 2. The Kier molecular flexibility index (Phi) is 3.87. The highest BCUT2D eigenvalue weighted by molar-refractivity contribution is 5.78. The lowest BCUT2D eigenvalue weighted by Crippen LogP contribution is -2.12. The Balaban J connectivity index is 1.98. The van der Waals surface area contributed by atoms with Crippen LogP contribution in [0, 0.1) is 5.92 Å². The van der Waals surface area contributed by atoms with E-state index in [1.165, 1.54) is 5.57 Å². The van der Waals surface area contributed by atoms with Crippen molar-refractivity contribution in [3.05, 3.63) is 53.6 Å². The molecule has 110 valence electrons. The van der Waals surface area contributed by atoms with Crippen molar-refractivity contribution >= 4 is 11.3 Å². The maximum Gasteiger partial charge on any atom is 0.119 e. The van der Waals surface area contributed by atoms with Crippen molar-refractivity contribution in [2.24, 2.45) is 5.92 Å². The van der Waals surface area contributed by atoms with Gasteiger partial charge in [-0.05, 0) is 60.8 Å². The average molecular weight is 281 g/mol. The predicted octanol–water partition coefficient (Wildman–Crippen LogP) is 4.78. The molecule has 21 heavy (non-hydrogen) atoms. The Morgan fingerprint density at radius 2 is 1.95 bits per heavy atom. The summed E-state index contributed by atoms with van der Waals surface area (Å²) < 4.78 is 0. The van der Waals surface area contributed by atoms with E-state index >= 15 is 0 Å². The van der Waals surface area contributed by atoms with Gasteiger partial charge in [-0.25, -0.2) is 0 Å². The second-order valence-corrected chi connectivity index (χ2v) is 6.18. The Morgan fingerprint density at radius 3 is 2.67 bits per heavy atom. The number of nitrogen functional groups attached to an aromatic ring is 1. The molecule has 2 unspecified atom stereocenters. The molecule has 2 aliphatic rings. The summed E-state index contributed by atoms with van der Waals surface area (Å²) in [6, 6.07) is 3.85. The monoisotopic (exact) mass is 281 g/mol. The van der Waals surface area contributed by atoms with Gasteiger partial charge in [0.25, 0.3) is 0 Å². The standard InChI is InChI=1S/C19H23NO/c1-13-7-5-6-10-15(13)17-11-18(20)16(12-19(17)21)14-8-3-2-4-9-14/h2-3,5-6,8,11-13,15,21H,4,7,9-10,20H2,1H3. The first-order chi connectivity index (χ1) is 10.2. The molecule has 0 bridgehead atoms. The molecule has 0 aromatic heterocycles. The second kappa shape index (κ2) is 5.80. The highest BCUT2D eigenvalue weighted by atomic mass is 16.3. The van der Waals surface area contributed by atoms with Gasteiger partial charge in [-0.1, -0.05) is 37.3 Å². The van der Waals surface area contributed by atoms with Gasteiger partial charge in [-0.3, -0.25) is 0 Å². The van der Waals surface area contributed by atoms with Crippen LogP contribution < -0.4 is 5.73 Å². The first-order valence-corrected chi connectivity index (χ1v) is 7.80. The zero-order chi connectivity index (χ0) is 14.8. The minimum Gasteiger partial charge on any atom is -0.508 e. The fraction of sp³-hybridized carbons (Fsp3) is 0.368. The third kappa shape index (κ3) is 2.76. The molecular weight excluding hydrogens is 258 g/mol. The summed E-state index contributed by atoms with van der Waals surface area (Å²) >= 11 is 0. The van der Waals surface area contributed by atoms with Crippen molar-refractivity contribution in [1.82, 2.24) is 0 Å². The van der Waals surface area contributed by atoms with E-state index in [1.54, 1.807) is 0 Å². The quantitative estimate of drug-likeness (QED) is 0.465. The second-order valence-electron chi connectivity index (χ2n) is 6.18. The van der Waals surface area contributed by atoms with Crippen molar-refractivity contribution in [1.29, 1.82) is 0 Å². The summed E-state index contributed by atoms with van der Waals surface area (Å²) in [5.41, 5.74) is 10.3. The number of anilines is 1. The Labute approximate surface area is 126 Å². The van der Waals surface area contributed by atoms with Gasteiger partial charge in [0.05, 0.1) is 0 Å². The van der Waals surface area contributed by atoms with Crippen LogP contribution in [0.5, 0.6) is 5.75 Å². The molecular formula is C19H23NO. The molecule has 2 nitrogen and oxygen atoms in total. The minimum absolute atomic E-state index is 0.367. The molecule has 1 aromatic carbocycles. The number of rotatable bonds is 2. The maximum atomic E-state index is 10.5. The zero-order valence-electron chi connectivity index (χ0n) is 12.5. The van der Waals surface area contributed by atoms with Gasteiger partial charge in [-0.15, -0.1) is 0 Å². The number of phenols is 1. The van der Waals surface area contributed by atoms with E-state index in [9.17, 15) is 5.11 Å². The minimum atomic E-state index is 0.367. The Morgan fingerprint density at radius 1 is 1.14 bits per heavy atom. The molecule has 1 aromatic rings. The van der Waals surface area contributed by atoms with Crippen LogP contribution in [-0.4, -0.2) is 5.11 Å². The van der Waals surface area contributed by atoms with Crippen LogP contribution >= 0.6 is 0 Å². The third-order valence-corrected chi connectivity index (χ3v) is 4.71. The largest absolute Gasteiger partial charge is 0.508 e. The third-order valence-electron chi connectivity index (χ3n) is 4.71. The summed E-state index contributed by atoms with van der Waals surface area (Å²) in [6.45, 7) is 2.24. The summed E-state index contributed by atoms with van der Waals surface area (Å²) in [5.74, 6) is 1.30. The van der Waals surface area contributed by atoms with Crippen LogP contribution in [0.2, 0.25) is 0 Å². The van der Waals surface area contributed by atoms with E-state index < -0.39 is 0 Å². The molecule has 0 saturated carbocycles. The Hall–Kier alpha value is -1.96. The summed E-state index contributed by atoms with van der Waals surface area (Å²) in [5, 5.41) is 10.5. The zero-order valence-corrected chi connectivity index (χ0v) is 12.5. The summed E-state index contributed by atoms with van der Waals surface area (Å²) in [7, 11) is 0. The molecule has 3 rings (SSSR count). The number of phenolic OH excluding ortho intramolecular Hbond substituents is 1. The maximum absolute atomic E-state index is 10.5. The van der Waals surface area contributed by atoms with E-state index in [0.717, 1.165) is 42.5 Å². The molecule has 2 heteroatoms. The van der Waals surface area contributed by atoms with Crippen molar-refractivity contribution in [2.75, 3.05) is 5.73 Å². The number of hydrogen-bond acceptors (Lipinski definition) is 2. The van der Waals surface area contributed by atoms with Crippen LogP contribution in [0.25, 0.3) is 5.57 Å². The number of benzene rings is 1. The van der Waals surface area contributed by atoms with Crippen LogP contribution in [0.4, 0.5) is 5.69 Å². The van der Waals surface area contributed by atoms with Crippen molar-refractivity contribution in [2.45, 2.75) is 38.5 Å². The molecule has 0 fully saturated rings. The number of allylic oxidation sites excluding steroid dienone is 6. The molecule has 0 radical (unpaired) electrons. The average Bonchev–Trinajstić information content (AvgIpc) is 2.51. The van der Waals surface area contributed by atoms with E-state index in [1.807, 2.05) is 12.1 Å². The molecule has 2 aliphatic carbocycles. The molecule has 0 heterocycles. The van der Waals surface area contributed by atoms with Gasteiger partial charge < -0.3 is 10.8 Å². The van der Waals surface area contributed by atoms with Gasteiger partial charge in [0, 0.05) is 11.3 Å². The normalized spacial score (nSPS) is 24.9. The number of aromatic hydroxyl groups is 1. The van der Waals surface area contributed by atoms with Crippen LogP contribution in [0.15, 0.2) is 42.5 Å². The van der Waals surface area contributed by atoms with E-state index in [4.69, 9.17) is 5.73 Å². The highest BCUT2D eigenvalue weighted by Gasteiger charge is 2.24. The number of nitrogens with two attached hydrogens (primary N) is 1. The van der Waals surface area contributed by atoms with Crippen LogP contribution in [0.3, 0.4) is 0 Å². The van der Waals surface area contributed by atoms with Crippen LogP contribution in [-0.2, 0) is 0 Å². The van der Waals surface area contributed by atoms with Crippen LogP contribution in [0.1, 0.15) is 49.7 Å². The highest BCUT2D eigenvalue weighted by Crippen LogP contribution is 2.42. The van der Waals surface area contributed by atoms with Crippen molar-refractivity contribution in [3.63, 3.8) is 0 Å². The SMILES string of the molecule is CC1CC=CCC1c1cc(N)c(C2=CC=CCC2)cc1O. The molecule has 0 aliphatic heterocycles. The topological polar surface area (TPSA) is 46.2 Å². The lowest BCUT2D eigenvalue weighted by atomic mass is 9.78. The smallest absolute Gasteiger partial charge is 0.119 e. The Bertz CT molecular complexity index is 625. The molecule has 0 saturated heterocycles. The molecule has 2 atom stereocenters. The molecule has 3 N–H and O–H groups in total. The van der Waals surface area contributed by atoms with Gasteiger partial charge in [0.15, 0.2) is 0 Å². The lowest BCUT2D eigenvalue weighted by molar-refractivity contribution is 0.414. The van der Waals surface area contributed by atoms with Gasteiger partial charge in [-0.2, -0.15) is 0 Å². The van der Waals surface area contributed by atoms with Crippen molar-refractivity contribution in [3.8, 4) is 5.75 Å². The van der Waals surface area contributed by atoms with E-state index in [2.05, 4.69) is 37.3 Å². The summed E-state index contributed by atoms with van der Waals surface area (Å²) in [6.07, 6.45) is 14.8. The van der Waals surface area contributed by atoms with Gasteiger partial charge in [0.1, 0.15) is 5.75 Å². The fourth-order valence-corrected chi connectivity index (χ4v) is 3.41. The fourth-order valence-electron chi connectivity index (χ4n) is 3.41. The van der Waals surface area contributed by atoms with Gasteiger partial charge >= 0.3 is 0 Å².